The average Bonchev–Trinajstić information content (AvgIpc) is 3.13. The summed E-state index contributed by atoms with van der Waals surface area (Å²) in [6, 6.07) is 11.0. The number of aromatic nitrogens is 4. The highest BCUT2D eigenvalue weighted by Gasteiger charge is 2.29. The number of nitrogens with zero attached hydrogens (tertiary/aromatic N) is 4. The van der Waals surface area contributed by atoms with Gasteiger partial charge in [-0.05, 0) is 84.9 Å². The standard InChI is InChI=1S/C22H31N3O6.C17H23N3O4/c1-8-17-23-16-10-9-14(25-22(5,6)19(26)28-7)13-15(16)18(24-17)29-11-12-30-20(27)31-21(2,3)4;1-5-14-18-13-7-6-11(20-17(2,3)16(22)23-4)10-12(13)15(19-14)24-9-8-21/h9-10,13,25H,8,11-12H2,1-7H3;6-7,10,20-21H,5,8-9H2,1-4H3. The second kappa shape index (κ2) is 19.2. The molecule has 300 valence electrons. The van der Waals surface area contributed by atoms with Gasteiger partial charge in [0.15, 0.2) is 0 Å². The van der Waals surface area contributed by atoms with Crippen LogP contribution in [0.4, 0.5) is 16.2 Å². The molecule has 4 aromatic rings. The van der Waals surface area contributed by atoms with Crippen molar-refractivity contribution in [1.29, 1.82) is 0 Å². The Bertz CT molecular complexity index is 1940. The fourth-order valence-electron chi connectivity index (χ4n) is 5.00. The molecule has 0 bridgehead atoms. The van der Waals surface area contributed by atoms with Gasteiger partial charge < -0.3 is 44.2 Å². The summed E-state index contributed by atoms with van der Waals surface area (Å²) in [5.74, 6) is 1.34. The summed E-state index contributed by atoms with van der Waals surface area (Å²) < 4.78 is 31.1. The van der Waals surface area contributed by atoms with Crippen molar-refractivity contribution in [2.24, 2.45) is 0 Å². The number of aliphatic hydroxyl groups excluding tert-OH is 1. The Morgan fingerprint density at radius 1 is 0.655 bits per heavy atom. The van der Waals surface area contributed by atoms with Gasteiger partial charge in [-0.2, -0.15) is 9.97 Å². The molecule has 4 rings (SSSR count). The highest BCUT2D eigenvalue weighted by atomic mass is 16.7. The van der Waals surface area contributed by atoms with Crippen LogP contribution in [0.3, 0.4) is 0 Å². The third-order valence-electron chi connectivity index (χ3n) is 7.61. The average molecular weight is 767 g/mol. The van der Waals surface area contributed by atoms with Crippen LogP contribution in [0.1, 0.15) is 74.0 Å². The fourth-order valence-corrected chi connectivity index (χ4v) is 5.00. The van der Waals surface area contributed by atoms with E-state index in [2.05, 4.69) is 30.6 Å². The van der Waals surface area contributed by atoms with Gasteiger partial charge in [-0.3, -0.25) is 0 Å². The van der Waals surface area contributed by atoms with Crippen molar-refractivity contribution in [2.45, 2.75) is 91.8 Å². The molecule has 0 aliphatic rings. The van der Waals surface area contributed by atoms with Crippen LogP contribution in [0, 0.1) is 0 Å². The maximum Gasteiger partial charge on any atom is 0.508 e. The molecule has 0 radical (unpaired) electrons. The van der Waals surface area contributed by atoms with Crippen LogP contribution >= 0.6 is 0 Å². The van der Waals surface area contributed by atoms with Gasteiger partial charge in [0.2, 0.25) is 11.8 Å². The molecule has 2 aromatic heterocycles. The molecule has 0 saturated heterocycles. The number of benzene rings is 2. The lowest BCUT2D eigenvalue weighted by Crippen LogP contribution is -2.41. The lowest BCUT2D eigenvalue weighted by Gasteiger charge is -2.24. The molecule has 0 saturated carbocycles. The number of nitrogens with one attached hydrogen (secondary N) is 2. The molecule has 55 heavy (non-hydrogen) atoms. The minimum absolute atomic E-state index is 0.00911. The third-order valence-corrected chi connectivity index (χ3v) is 7.61. The number of anilines is 2. The molecule has 0 aliphatic heterocycles. The molecular formula is C39H54N6O10. The summed E-state index contributed by atoms with van der Waals surface area (Å²) in [5, 5.41) is 16.7. The summed E-state index contributed by atoms with van der Waals surface area (Å²) in [5.41, 5.74) is 0.434. The topological polar surface area (TPSA) is 202 Å². The number of fused-ring (bicyclic) bond motifs is 2. The largest absolute Gasteiger partial charge is 0.508 e. The Hall–Kier alpha value is -5.51. The molecule has 3 N–H and O–H groups in total. The predicted molar refractivity (Wildman–Crippen MR) is 208 cm³/mol. The maximum absolute atomic E-state index is 12.0. The van der Waals surface area contributed by atoms with Crippen LogP contribution in [0.15, 0.2) is 36.4 Å². The zero-order valence-corrected chi connectivity index (χ0v) is 33.6. The Kier molecular flexibility index (Phi) is 15.3. The van der Waals surface area contributed by atoms with Crippen molar-refractivity contribution in [3.8, 4) is 11.8 Å². The lowest BCUT2D eigenvalue weighted by molar-refractivity contribution is -0.145. The Labute approximate surface area is 321 Å². The van der Waals surface area contributed by atoms with Gasteiger partial charge in [0.05, 0.1) is 42.6 Å². The van der Waals surface area contributed by atoms with E-state index in [0.29, 0.717) is 58.2 Å². The number of hydrogen-bond acceptors (Lipinski definition) is 16. The Morgan fingerprint density at radius 2 is 1.09 bits per heavy atom. The minimum atomic E-state index is -0.922. The van der Waals surface area contributed by atoms with Crippen LogP contribution in [0.2, 0.25) is 0 Å². The van der Waals surface area contributed by atoms with Crippen LogP contribution in [0.25, 0.3) is 21.8 Å². The van der Waals surface area contributed by atoms with Gasteiger partial charge in [0, 0.05) is 24.2 Å². The molecular weight excluding hydrogens is 712 g/mol. The van der Waals surface area contributed by atoms with E-state index < -0.39 is 22.8 Å². The molecule has 0 aliphatic carbocycles. The number of aryl methyl sites for hydroxylation is 2. The van der Waals surface area contributed by atoms with Crippen LogP contribution < -0.4 is 20.1 Å². The van der Waals surface area contributed by atoms with Crippen LogP contribution in [0.5, 0.6) is 11.8 Å². The van der Waals surface area contributed by atoms with E-state index in [1.54, 1.807) is 48.5 Å². The van der Waals surface area contributed by atoms with Crippen LogP contribution in [-0.4, -0.2) is 100 Å². The number of carbonyl (C=O) groups is 3. The van der Waals surface area contributed by atoms with Gasteiger partial charge in [-0.15, -0.1) is 0 Å². The van der Waals surface area contributed by atoms with E-state index in [9.17, 15) is 14.4 Å². The van der Waals surface area contributed by atoms with E-state index in [4.69, 9.17) is 33.5 Å². The smallest absolute Gasteiger partial charge is 0.475 e. The second-order valence-corrected chi connectivity index (χ2v) is 14.3. The van der Waals surface area contributed by atoms with E-state index >= 15 is 0 Å². The number of ether oxygens (including phenoxy) is 6. The number of aliphatic hydroxyl groups is 1. The van der Waals surface area contributed by atoms with Gasteiger partial charge in [-0.25, -0.2) is 24.4 Å². The van der Waals surface area contributed by atoms with Crippen molar-refractivity contribution in [3.63, 3.8) is 0 Å². The number of methoxy groups -OCH3 is 2. The molecule has 0 amide bonds. The third kappa shape index (κ3) is 12.8. The molecule has 2 heterocycles. The molecule has 0 unspecified atom stereocenters. The summed E-state index contributed by atoms with van der Waals surface area (Å²) in [6.45, 7) is 16.3. The first kappa shape index (κ1) is 43.9. The molecule has 16 nitrogen and oxygen atoms in total. The molecule has 0 fully saturated rings. The molecule has 0 spiro atoms. The van der Waals surface area contributed by atoms with Crippen molar-refractivity contribution >= 4 is 51.3 Å². The summed E-state index contributed by atoms with van der Waals surface area (Å²) >= 11 is 0. The predicted octanol–water partition coefficient (Wildman–Crippen LogP) is 5.81. The lowest BCUT2D eigenvalue weighted by atomic mass is 10.1. The van der Waals surface area contributed by atoms with Gasteiger partial charge in [0.1, 0.15) is 48.1 Å². The minimum Gasteiger partial charge on any atom is -0.475 e. The molecule has 2 aromatic carbocycles. The first-order chi connectivity index (χ1) is 25.9. The molecule has 16 heteroatoms. The Morgan fingerprint density at radius 3 is 1.47 bits per heavy atom. The van der Waals surface area contributed by atoms with Crippen molar-refractivity contribution in [1.82, 2.24) is 19.9 Å². The van der Waals surface area contributed by atoms with Gasteiger partial charge in [-0.1, -0.05) is 13.8 Å². The first-order valence-electron chi connectivity index (χ1n) is 17.9. The van der Waals surface area contributed by atoms with Gasteiger partial charge >= 0.3 is 18.1 Å². The monoisotopic (exact) mass is 766 g/mol. The fraction of sp³-hybridized carbons (Fsp3) is 0.513. The maximum atomic E-state index is 12.0. The van der Waals surface area contributed by atoms with E-state index in [1.807, 2.05) is 50.2 Å². The summed E-state index contributed by atoms with van der Waals surface area (Å²) in [4.78, 5) is 53.3. The highest BCUT2D eigenvalue weighted by Crippen LogP contribution is 2.29. The number of hydrogen-bond donors (Lipinski definition) is 3. The summed E-state index contributed by atoms with van der Waals surface area (Å²) in [7, 11) is 2.70. The SMILES string of the molecule is CCc1nc(OCCO)c2cc(NC(C)(C)C(=O)OC)ccc2n1.CCc1nc(OCCOC(=O)OC(C)(C)C)c2cc(NC(C)(C)C(=O)OC)ccc2n1. The van der Waals surface area contributed by atoms with Gasteiger partial charge in [0.25, 0.3) is 0 Å². The number of rotatable bonds is 15. The zero-order chi connectivity index (χ0) is 41.0. The quantitative estimate of drug-likeness (QED) is 0.0742. The van der Waals surface area contributed by atoms with E-state index in [-0.39, 0.29) is 38.4 Å². The molecule has 0 atom stereocenters. The highest BCUT2D eigenvalue weighted by molar-refractivity contribution is 5.90. The van der Waals surface area contributed by atoms with Crippen LogP contribution in [-0.2, 0) is 41.4 Å². The normalized spacial score (nSPS) is 11.6. The zero-order valence-electron chi connectivity index (χ0n) is 33.6. The van der Waals surface area contributed by atoms with E-state index in [1.165, 1.54) is 14.2 Å². The van der Waals surface area contributed by atoms with E-state index in [0.717, 1.165) is 11.2 Å². The Balaban J connectivity index is 0.000000305. The first-order valence-corrected chi connectivity index (χ1v) is 17.9. The summed E-state index contributed by atoms with van der Waals surface area (Å²) in [6.07, 6.45) is 0.561. The second-order valence-electron chi connectivity index (χ2n) is 14.3. The van der Waals surface area contributed by atoms with Crippen molar-refractivity contribution < 1.29 is 47.9 Å². The number of carbonyl (C=O) groups excluding carboxylic acids is 3. The van der Waals surface area contributed by atoms with Crippen molar-refractivity contribution in [2.75, 3.05) is 51.3 Å². The van der Waals surface area contributed by atoms with Crippen molar-refractivity contribution in [3.05, 3.63) is 48.0 Å². The number of esters is 2.